The van der Waals surface area contributed by atoms with Crippen molar-refractivity contribution in [2.45, 2.75) is 94.9 Å². The molecule has 11 heteroatoms. The van der Waals surface area contributed by atoms with Crippen LogP contribution in [0.4, 0.5) is 0 Å². The van der Waals surface area contributed by atoms with Gasteiger partial charge in [-0.3, -0.25) is 4.79 Å². The fourth-order valence-electron chi connectivity index (χ4n) is 6.12. The second kappa shape index (κ2) is 11.8. The van der Waals surface area contributed by atoms with E-state index < -0.39 is 10.0 Å². The summed E-state index contributed by atoms with van der Waals surface area (Å²) in [5, 5.41) is 14.4. The standard InChI is InChI=1S/C28H39N5O5S/c1-3-38-24-14-13-22(39(36,37)32-16-9-8-12-21(32)15-17-34)18-23(24)26-30-28(35)25-19(2)29-27(33(25)31-26)20-10-6-4-5-7-11-20/h13-14,18,20-21,34H,3-12,15-17H2,1-2H3,(H,30,31,35). The number of hydrogen-bond donors (Lipinski definition) is 2. The lowest BCUT2D eigenvalue weighted by atomic mass is 10.00. The Morgan fingerprint density at radius 2 is 1.85 bits per heavy atom. The zero-order chi connectivity index (χ0) is 27.6. The Kier molecular flexibility index (Phi) is 8.39. The summed E-state index contributed by atoms with van der Waals surface area (Å²) in [5.41, 5.74) is 1.14. The number of imidazole rings is 1. The molecule has 0 spiro atoms. The average molecular weight is 558 g/mol. The average Bonchev–Trinajstić information content (AvgIpc) is 3.08. The van der Waals surface area contributed by atoms with E-state index in [0.29, 0.717) is 42.1 Å². The van der Waals surface area contributed by atoms with Crippen molar-refractivity contribution < 1.29 is 18.3 Å². The number of aromatic amines is 1. The molecular weight excluding hydrogens is 518 g/mol. The number of aromatic nitrogens is 4. The van der Waals surface area contributed by atoms with E-state index in [9.17, 15) is 18.3 Å². The van der Waals surface area contributed by atoms with E-state index in [2.05, 4.69) is 4.98 Å². The second-order valence-corrected chi connectivity index (χ2v) is 12.6. The maximum Gasteiger partial charge on any atom is 0.277 e. The van der Waals surface area contributed by atoms with Crippen molar-refractivity contribution >= 4 is 15.5 Å². The van der Waals surface area contributed by atoms with Crippen LogP contribution in [0.15, 0.2) is 27.9 Å². The number of fused-ring (bicyclic) bond motifs is 1. The van der Waals surface area contributed by atoms with Crippen LogP contribution in [-0.2, 0) is 10.0 Å². The van der Waals surface area contributed by atoms with Crippen LogP contribution in [0.3, 0.4) is 0 Å². The number of benzene rings is 1. The number of nitrogens with zero attached hydrogens (tertiary/aromatic N) is 4. The van der Waals surface area contributed by atoms with Crippen molar-refractivity contribution in [2.24, 2.45) is 0 Å². The summed E-state index contributed by atoms with van der Waals surface area (Å²) in [6.07, 6.45) is 9.49. The van der Waals surface area contributed by atoms with Crippen LogP contribution in [-0.4, -0.2) is 63.2 Å². The SMILES string of the molecule is CCOc1ccc(S(=O)(=O)N2CCCCC2CCO)cc1-c1nn2c(C3CCCCCC3)nc(C)c2c(=O)[nH]1. The zero-order valence-electron chi connectivity index (χ0n) is 22.9. The summed E-state index contributed by atoms with van der Waals surface area (Å²) in [6, 6.07) is 4.48. The van der Waals surface area contributed by atoms with Crippen molar-refractivity contribution in [3.8, 4) is 17.1 Å². The molecule has 1 saturated heterocycles. The molecule has 2 fully saturated rings. The number of H-pyrrole nitrogens is 1. The van der Waals surface area contributed by atoms with E-state index >= 15 is 0 Å². The summed E-state index contributed by atoms with van der Waals surface area (Å²) in [4.78, 5) is 21.1. The van der Waals surface area contributed by atoms with Crippen molar-refractivity contribution in [1.82, 2.24) is 23.9 Å². The Morgan fingerprint density at radius 3 is 2.56 bits per heavy atom. The smallest absolute Gasteiger partial charge is 0.277 e. The lowest BCUT2D eigenvalue weighted by Gasteiger charge is -2.34. The summed E-state index contributed by atoms with van der Waals surface area (Å²) < 4.78 is 36.6. The summed E-state index contributed by atoms with van der Waals surface area (Å²) >= 11 is 0. The number of aryl methyl sites for hydroxylation is 1. The largest absolute Gasteiger partial charge is 0.493 e. The van der Waals surface area contributed by atoms with Crippen molar-refractivity contribution in [2.75, 3.05) is 19.8 Å². The lowest BCUT2D eigenvalue weighted by Crippen LogP contribution is -2.44. The number of nitrogens with one attached hydrogen (secondary N) is 1. The molecule has 1 saturated carbocycles. The minimum Gasteiger partial charge on any atom is -0.493 e. The first-order chi connectivity index (χ1) is 18.8. The molecule has 212 valence electrons. The first-order valence-corrected chi connectivity index (χ1v) is 15.7. The molecule has 1 aliphatic carbocycles. The Labute approximate surface area is 229 Å². The van der Waals surface area contributed by atoms with Crippen LogP contribution in [0.1, 0.15) is 88.6 Å². The summed E-state index contributed by atoms with van der Waals surface area (Å²) in [6.45, 7) is 4.39. The maximum absolute atomic E-state index is 13.8. The minimum atomic E-state index is -3.85. The fraction of sp³-hybridized carbons (Fsp3) is 0.607. The predicted molar refractivity (Wildman–Crippen MR) is 149 cm³/mol. The molecule has 1 atom stereocenters. The van der Waals surface area contributed by atoms with Gasteiger partial charge >= 0.3 is 0 Å². The number of piperidine rings is 1. The molecule has 1 aliphatic heterocycles. The monoisotopic (exact) mass is 557 g/mol. The number of sulfonamides is 1. The van der Waals surface area contributed by atoms with Gasteiger partial charge < -0.3 is 14.8 Å². The van der Waals surface area contributed by atoms with Gasteiger partial charge in [0.15, 0.2) is 11.3 Å². The van der Waals surface area contributed by atoms with Gasteiger partial charge in [-0.25, -0.2) is 17.9 Å². The number of aliphatic hydroxyl groups excluding tert-OH is 1. The molecule has 1 unspecified atom stereocenters. The van der Waals surface area contributed by atoms with E-state index in [1.54, 1.807) is 22.7 Å². The Hall–Kier alpha value is -2.76. The molecule has 2 aromatic heterocycles. The van der Waals surface area contributed by atoms with Gasteiger partial charge in [-0.1, -0.05) is 32.1 Å². The fourth-order valence-corrected chi connectivity index (χ4v) is 7.87. The third-order valence-electron chi connectivity index (χ3n) is 8.07. The number of rotatable bonds is 8. The molecule has 10 nitrogen and oxygen atoms in total. The van der Waals surface area contributed by atoms with E-state index in [-0.39, 0.29) is 34.8 Å². The summed E-state index contributed by atoms with van der Waals surface area (Å²) in [7, 11) is -3.85. The van der Waals surface area contributed by atoms with E-state index in [0.717, 1.165) is 50.8 Å². The van der Waals surface area contributed by atoms with Gasteiger partial charge in [0.05, 0.1) is 22.8 Å². The third kappa shape index (κ3) is 5.49. The van der Waals surface area contributed by atoms with E-state index in [1.165, 1.54) is 17.1 Å². The predicted octanol–water partition coefficient (Wildman–Crippen LogP) is 4.16. The Bertz CT molecular complexity index is 1470. The highest BCUT2D eigenvalue weighted by Crippen LogP contribution is 2.35. The molecule has 2 aliphatic rings. The van der Waals surface area contributed by atoms with Crippen LogP contribution >= 0.6 is 0 Å². The first-order valence-electron chi connectivity index (χ1n) is 14.2. The molecule has 0 radical (unpaired) electrons. The van der Waals surface area contributed by atoms with E-state index in [1.807, 2.05) is 13.8 Å². The number of aliphatic hydroxyl groups is 1. The highest BCUT2D eigenvalue weighted by atomic mass is 32.2. The van der Waals surface area contributed by atoms with Crippen LogP contribution in [0.25, 0.3) is 16.9 Å². The molecule has 3 heterocycles. The van der Waals surface area contributed by atoms with Crippen molar-refractivity contribution in [3.63, 3.8) is 0 Å². The van der Waals surface area contributed by atoms with Gasteiger partial charge in [0, 0.05) is 25.1 Å². The molecule has 39 heavy (non-hydrogen) atoms. The van der Waals surface area contributed by atoms with Gasteiger partial charge in [-0.2, -0.15) is 4.31 Å². The van der Waals surface area contributed by atoms with Gasteiger partial charge in [-0.05, 0) is 64.2 Å². The Morgan fingerprint density at radius 1 is 1.10 bits per heavy atom. The van der Waals surface area contributed by atoms with Crippen molar-refractivity contribution in [3.05, 3.63) is 40.1 Å². The highest BCUT2D eigenvalue weighted by Gasteiger charge is 2.34. The lowest BCUT2D eigenvalue weighted by molar-refractivity contribution is 0.192. The third-order valence-corrected chi connectivity index (χ3v) is 10.0. The quantitative estimate of drug-likeness (QED) is 0.398. The van der Waals surface area contributed by atoms with Crippen LogP contribution in [0.5, 0.6) is 5.75 Å². The van der Waals surface area contributed by atoms with Gasteiger partial charge in [0.1, 0.15) is 11.6 Å². The molecule has 0 bridgehead atoms. The van der Waals surface area contributed by atoms with Crippen LogP contribution in [0, 0.1) is 6.92 Å². The highest BCUT2D eigenvalue weighted by molar-refractivity contribution is 7.89. The number of hydrogen-bond acceptors (Lipinski definition) is 7. The molecule has 0 amide bonds. The van der Waals surface area contributed by atoms with Crippen molar-refractivity contribution in [1.29, 1.82) is 0 Å². The normalized spacial score (nSPS) is 19.8. The molecule has 3 aromatic rings. The van der Waals surface area contributed by atoms with Crippen LogP contribution < -0.4 is 10.3 Å². The van der Waals surface area contributed by atoms with E-state index in [4.69, 9.17) is 14.8 Å². The second-order valence-electron chi connectivity index (χ2n) is 10.7. The molecular formula is C28H39N5O5S. The Balaban J connectivity index is 1.62. The van der Waals surface area contributed by atoms with Crippen LogP contribution in [0.2, 0.25) is 0 Å². The van der Waals surface area contributed by atoms with Gasteiger partial charge in [0.25, 0.3) is 5.56 Å². The molecule has 5 rings (SSSR count). The zero-order valence-corrected chi connectivity index (χ0v) is 23.7. The van der Waals surface area contributed by atoms with Gasteiger partial charge in [0.2, 0.25) is 10.0 Å². The topological polar surface area (TPSA) is 130 Å². The minimum absolute atomic E-state index is 0.0654. The number of ether oxygens (including phenoxy) is 1. The first kappa shape index (κ1) is 27.8. The molecule has 2 N–H and O–H groups in total. The molecule has 1 aromatic carbocycles. The maximum atomic E-state index is 13.8. The van der Waals surface area contributed by atoms with Gasteiger partial charge in [-0.15, -0.1) is 5.10 Å². The summed E-state index contributed by atoms with van der Waals surface area (Å²) in [5.74, 6) is 1.69.